The highest BCUT2D eigenvalue weighted by Crippen LogP contribution is 2.33. The predicted molar refractivity (Wildman–Crippen MR) is 101 cm³/mol. The third-order valence-corrected chi connectivity index (χ3v) is 5.08. The molecule has 2 aliphatic rings. The number of nitrogens with two attached hydrogens (primary N) is 1. The third kappa shape index (κ3) is 4.37. The summed E-state index contributed by atoms with van der Waals surface area (Å²) in [4.78, 5) is 14.8. The summed E-state index contributed by atoms with van der Waals surface area (Å²) in [7, 11) is 0. The van der Waals surface area contributed by atoms with Gasteiger partial charge in [-0.15, -0.1) is 12.4 Å². The fourth-order valence-electron chi connectivity index (χ4n) is 3.28. The minimum atomic E-state index is -0.204. The maximum Gasteiger partial charge on any atom is 0.241 e. The summed E-state index contributed by atoms with van der Waals surface area (Å²) < 4.78 is 11.1. The van der Waals surface area contributed by atoms with Crippen LogP contribution < -0.4 is 20.5 Å². The van der Waals surface area contributed by atoms with Gasteiger partial charge in [0.2, 0.25) is 5.91 Å². The van der Waals surface area contributed by atoms with E-state index in [1.807, 2.05) is 25.1 Å². The normalized spacial score (nSPS) is 23.3. The van der Waals surface area contributed by atoms with E-state index in [0.29, 0.717) is 19.0 Å². The topological polar surface area (TPSA) is 76.8 Å². The summed E-state index contributed by atoms with van der Waals surface area (Å²) in [5.41, 5.74) is 6.93. The average molecular weight is 370 g/mol. The molecule has 3 N–H and O–H groups in total. The molecule has 140 valence electrons. The van der Waals surface area contributed by atoms with E-state index in [2.05, 4.69) is 24.1 Å². The summed E-state index contributed by atoms with van der Waals surface area (Å²) in [6.45, 7) is 9.03. The number of carbonyl (C=O) groups is 1. The maximum atomic E-state index is 12.6. The van der Waals surface area contributed by atoms with Gasteiger partial charge in [0.25, 0.3) is 0 Å². The molecular formula is C18H28ClN3O3. The molecular weight excluding hydrogens is 342 g/mol. The van der Waals surface area contributed by atoms with Crippen LogP contribution in [0.1, 0.15) is 27.2 Å². The van der Waals surface area contributed by atoms with Gasteiger partial charge in [0.05, 0.1) is 6.04 Å². The Kier molecular flexibility index (Phi) is 6.19. The highest BCUT2D eigenvalue weighted by molar-refractivity contribution is 5.94. The number of likely N-dealkylation sites (tertiary alicyclic amines) is 1. The van der Waals surface area contributed by atoms with Gasteiger partial charge >= 0.3 is 0 Å². The van der Waals surface area contributed by atoms with Gasteiger partial charge in [-0.1, -0.05) is 13.8 Å². The molecule has 0 aromatic heterocycles. The minimum Gasteiger partial charge on any atom is -0.486 e. The van der Waals surface area contributed by atoms with Crippen LogP contribution in [0.15, 0.2) is 18.2 Å². The zero-order valence-corrected chi connectivity index (χ0v) is 15.9. The van der Waals surface area contributed by atoms with E-state index in [-0.39, 0.29) is 35.8 Å². The number of anilines is 1. The molecule has 2 aliphatic heterocycles. The number of nitrogens with zero attached hydrogens (tertiary/aromatic N) is 1. The molecule has 0 aliphatic carbocycles. The molecule has 7 heteroatoms. The molecule has 1 amide bonds. The lowest BCUT2D eigenvalue weighted by Crippen LogP contribution is -2.56. The lowest BCUT2D eigenvalue weighted by molar-refractivity contribution is -0.122. The second-order valence-corrected chi connectivity index (χ2v) is 7.38. The van der Waals surface area contributed by atoms with Crippen molar-refractivity contribution >= 4 is 24.0 Å². The highest BCUT2D eigenvalue weighted by Gasteiger charge is 2.36. The van der Waals surface area contributed by atoms with Crippen LogP contribution in [0.3, 0.4) is 0 Å². The Morgan fingerprint density at radius 1 is 1.32 bits per heavy atom. The van der Waals surface area contributed by atoms with Crippen LogP contribution >= 0.6 is 12.4 Å². The molecule has 0 bridgehead atoms. The van der Waals surface area contributed by atoms with Crippen molar-refractivity contribution < 1.29 is 14.3 Å². The summed E-state index contributed by atoms with van der Waals surface area (Å²) in [5, 5.41) is 2.98. The lowest BCUT2D eigenvalue weighted by atomic mass is 9.79. The fourth-order valence-corrected chi connectivity index (χ4v) is 3.28. The number of hydrogen-bond donors (Lipinski definition) is 2. The van der Waals surface area contributed by atoms with E-state index in [9.17, 15) is 4.79 Å². The summed E-state index contributed by atoms with van der Waals surface area (Å²) in [6, 6.07) is 5.47. The number of nitrogens with one attached hydrogen (secondary N) is 1. The molecule has 25 heavy (non-hydrogen) atoms. The Hall–Kier alpha value is -1.50. The number of hydrogen-bond acceptors (Lipinski definition) is 5. The third-order valence-electron chi connectivity index (χ3n) is 5.08. The molecule has 6 nitrogen and oxygen atoms in total. The first-order chi connectivity index (χ1) is 11.4. The van der Waals surface area contributed by atoms with E-state index in [1.165, 1.54) is 0 Å². The van der Waals surface area contributed by atoms with Crippen LogP contribution in [-0.4, -0.2) is 49.2 Å². The standard InChI is InChI=1S/C18H27N3O3.ClH/c1-12(21-7-6-16(19)18(2,3)11-21)17(22)20-13-4-5-14-15(10-13)24-9-8-23-14;/h4-5,10,12,16H,6-9,11,19H2,1-3H3,(H,20,22);1H. The monoisotopic (exact) mass is 369 g/mol. The number of rotatable bonds is 3. The van der Waals surface area contributed by atoms with Crippen molar-refractivity contribution in [2.75, 3.05) is 31.6 Å². The Morgan fingerprint density at radius 2 is 2.00 bits per heavy atom. The quantitative estimate of drug-likeness (QED) is 0.854. The maximum absolute atomic E-state index is 12.6. The summed E-state index contributed by atoms with van der Waals surface area (Å²) in [6.07, 6.45) is 0.911. The SMILES string of the molecule is CC(C(=O)Nc1ccc2c(c1)OCCO2)N1CCC(N)C(C)(C)C1.Cl. The molecule has 1 aromatic rings. The first kappa shape index (κ1) is 19.8. The fraction of sp³-hybridized carbons (Fsp3) is 0.611. The highest BCUT2D eigenvalue weighted by atomic mass is 35.5. The second-order valence-electron chi connectivity index (χ2n) is 7.38. The van der Waals surface area contributed by atoms with Crippen LogP contribution in [0.2, 0.25) is 0 Å². The Bertz CT molecular complexity index is 624. The molecule has 0 radical (unpaired) electrons. The first-order valence-electron chi connectivity index (χ1n) is 8.57. The number of halogens is 1. The van der Waals surface area contributed by atoms with E-state index in [4.69, 9.17) is 15.2 Å². The molecule has 1 fully saturated rings. The van der Waals surface area contributed by atoms with Gasteiger partial charge in [0, 0.05) is 30.9 Å². The molecule has 2 unspecified atom stereocenters. The van der Waals surface area contributed by atoms with Crippen LogP contribution in [0, 0.1) is 5.41 Å². The first-order valence-corrected chi connectivity index (χ1v) is 8.57. The zero-order valence-electron chi connectivity index (χ0n) is 15.1. The predicted octanol–water partition coefficient (Wildman–Crippen LogP) is 2.27. The Labute approximate surface area is 155 Å². The Balaban J connectivity index is 0.00000225. The number of ether oxygens (including phenoxy) is 2. The van der Waals surface area contributed by atoms with Crippen molar-refractivity contribution in [3.8, 4) is 11.5 Å². The van der Waals surface area contributed by atoms with Crippen LogP contribution in [-0.2, 0) is 4.79 Å². The number of carbonyl (C=O) groups excluding carboxylic acids is 1. The van der Waals surface area contributed by atoms with E-state index >= 15 is 0 Å². The number of benzene rings is 1. The van der Waals surface area contributed by atoms with Gasteiger partial charge in [0.1, 0.15) is 13.2 Å². The minimum absolute atomic E-state index is 0. The van der Waals surface area contributed by atoms with Crippen LogP contribution in [0.5, 0.6) is 11.5 Å². The van der Waals surface area contributed by atoms with Crippen molar-refractivity contribution in [2.24, 2.45) is 11.1 Å². The molecule has 2 atom stereocenters. The van der Waals surface area contributed by atoms with Gasteiger partial charge < -0.3 is 20.5 Å². The van der Waals surface area contributed by atoms with Gasteiger partial charge in [-0.25, -0.2) is 0 Å². The van der Waals surface area contributed by atoms with Crippen molar-refractivity contribution in [3.63, 3.8) is 0 Å². The largest absolute Gasteiger partial charge is 0.486 e. The van der Waals surface area contributed by atoms with Gasteiger partial charge in [-0.2, -0.15) is 0 Å². The van der Waals surface area contributed by atoms with Crippen molar-refractivity contribution in [3.05, 3.63) is 18.2 Å². The molecule has 1 aromatic carbocycles. The van der Waals surface area contributed by atoms with Crippen molar-refractivity contribution in [2.45, 2.75) is 39.3 Å². The number of amides is 1. The molecule has 1 saturated heterocycles. The summed E-state index contributed by atoms with van der Waals surface area (Å²) >= 11 is 0. The molecule has 2 heterocycles. The van der Waals surface area contributed by atoms with Crippen LogP contribution in [0.4, 0.5) is 5.69 Å². The Morgan fingerprint density at radius 3 is 2.68 bits per heavy atom. The van der Waals surface area contributed by atoms with Crippen molar-refractivity contribution in [1.29, 1.82) is 0 Å². The molecule has 3 rings (SSSR count). The molecule has 0 saturated carbocycles. The number of fused-ring (bicyclic) bond motifs is 1. The molecule has 0 spiro atoms. The van der Waals surface area contributed by atoms with E-state index in [1.54, 1.807) is 0 Å². The smallest absolute Gasteiger partial charge is 0.241 e. The van der Waals surface area contributed by atoms with E-state index < -0.39 is 0 Å². The van der Waals surface area contributed by atoms with Gasteiger partial charge in [-0.05, 0) is 30.9 Å². The number of piperidine rings is 1. The van der Waals surface area contributed by atoms with Gasteiger partial charge in [0.15, 0.2) is 11.5 Å². The zero-order chi connectivity index (χ0) is 17.3. The second kappa shape index (κ2) is 7.81. The van der Waals surface area contributed by atoms with E-state index in [0.717, 1.165) is 30.9 Å². The summed E-state index contributed by atoms with van der Waals surface area (Å²) in [5.74, 6) is 1.38. The lowest BCUT2D eigenvalue weighted by Gasteiger charge is -2.44. The average Bonchev–Trinajstić information content (AvgIpc) is 2.56. The van der Waals surface area contributed by atoms with Gasteiger partial charge in [-0.3, -0.25) is 9.69 Å². The van der Waals surface area contributed by atoms with Crippen molar-refractivity contribution in [1.82, 2.24) is 4.90 Å². The van der Waals surface area contributed by atoms with Crippen LogP contribution in [0.25, 0.3) is 0 Å².